The molecule has 0 saturated heterocycles. The second kappa shape index (κ2) is 6.78. The predicted molar refractivity (Wildman–Crippen MR) is 87.7 cm³/mol. The van der Waals surface area contributed by atoms with Crippen LogP contribution in [0.3, 0.4) is 0 Å². The van der Waals surface area contributed by atoms with Gasteiger partial charge in [-0.05, 0) is 61.6 Å². The van der Waals surface area contributed by atoms with Crippen LogP contribution in [-0.4, -0.2) is 10.9 Å². The number of halogens is 3. The fourth-order valence-electron chi connectivity index (χ4n) is 1.85. The molecule has 7 heteroatoms. The van der Waals surface area contributed by atoms with Gasteiger partial charge in [-0.2, -0.15) is 13.2 Å². The number of carbonyl (C=O) groups excluding carboxylic acids is 1. The third kappa shape index (κ3) is 4.79. The first-order valence-corrected chi connectivity index (χ1v) is 7.03. The van der Waals surface area contributed by atoms with Crippen LogP contribution in [0.5, 0.6) is 0 Å². The Morgan fingerprint density at radius 1 is 1.00 bits per heavy atom. The zero-order valence-corrected chi connectivity index (χ0v) is 12.9. The first-order valence-electron chi connectivity index (χ1n) is 6.62. The van der Waals surface area contributed by atoms with Crippen LogP contribution in [0, 0.1) is 0 Å². The third-order valence-corrected chi connectivity index (χ3v) is 3.20. The quantitative estimate of drug-likeness (QED) is 0.628. The molecule has 0 bridgehead atoms. The Balaban J connectivity index is 2.03. The summed E-state index contributed by atoms with van der Waals surface area (Å²) < 4.78 is 38.0. The van der Waals surface area contributed by atoms with E-state index in [0.29, 0.717) is 11.3 Å². The second-order valence-corrected chi connectivity index (χ2v) is 5.20. The molecular formula is C16H13F3N2OS. The van der Waals surface area contributed by atoms with E-state index in [0.717, 1.165) is 12.1 Å². The molecule has 23 heavy (non-hydrogen) atoms. The summed E-state index contributed by atoms with van der Waals surface area (Å²) in [4.78, 5) is 11.2. The number of alkyl halides is 3. The number of benzene rings is 2. The molecule has 0 amide bonds. The molecule has 0 heterocycles. The summed E-state index contributed by atoms with van der Waals surface area (Å²) in [6.07, 6.45) is -4.41. The Labute approximate surface area is 136 Å². The Morgan fingerprint density at radius 3 is 2.17 bits per heavy atom. The van der Waals surface area contributed by atoms with Gasteiger partial charge in [0.1, 0.15) is 0 Å². The van der Waals surface area contributed by atoms with Crippen molar-refractivity contribution in [2.24, 2.45) is 0 Å². The van der Waals surface area contributed by atoms with E-state index in [1.165, 1.54) is 19.1 Å². The Morgan fingerprint density at radius 2 is 1.61 bits per heavy atom. The zero-order valence-electron chi connectivity index (χ0n) is 12.1. The molecule has 2 aromatic carbocycles. The normalized spacial score (nSPS) is 11.0. The molecule has 0 radical (unpaired) electrons. The molecule has 0 unspecified atom stereocenters. The highest BCUT2D eigenvalue weighted by atomic mass is 32.1. The molecule has 3 nitrogen and oxygen atoms in total. The number of anilines is 2. The number of thiocarbonyl (C=S) groups is 1. The molecule has 0 aliphatic rings. The number of Topliss-reactive ketones (excluding diaryl/α,β-unsaturated/α-hetero) is 1. The van der Waals surface area contributed by atoms with E-state index in [1.807, 2.05) is 0 Å². The van der Waals surface area contributed by atoms with Gasteiger partial charge < -0.3 is 10.6 Å². The van der Waals surface area contributed by atoms with Crippen LogP contribution in [0.25, 0.3) is 0 Å². The number of ketones is 1. The van der Waals surface area contributed by atoms with Crippen molar-refractivity contribution in [3.05, 3.63) is 59.7 Å². The largest absolute Gasteiger partial charge is 0.416 e. The van der Waals surface area contributed by atoms with Crippen molar-refractivity contribution in [1.29, 1.82) is 0 Å². The lowest BCUT2D eigenvalue weighted by molar-refractivity contribution is -0.137. The summed E-state index contributed by atoms with van der Waals surface area (Å²) in [5, 5.41) is 5.69. The number of hydrogen-bond donors (Lipinski definition) is 2. The van der Waals surface area contributed by atoms with Gasteiger partial charge in [0.2, 0.25) is 0 Å². The lowest BCUT2D eigenvalue weighted by atomic mass is 10.1. The van der Waals surface area contributed by atoms with Crippen LogP contribution in [0.1, 0.15) is 22.8 Å². The van der Waals surface area contributed by atoms with Gasteiger partial charge in [0.15, 0.2) is 10.9 Å². The summed E-state index contributed by atoms with van der Waals surface area (Å²) in [5.41, 5.74) is 0.667. The average Bonchev–Trinajstić information content (AvgIpc) is 2.47. The average molecular weight is 338 g/mol. The van der Waals surface area contributed by atoms with Gasteiger partial charge in [0.25, 0.3) is 0 Å². The van der Waals surface area contributed by atoms with Gasteiger partial charge in [-0.25, -0.2) is 0 Å². The SMILES string of the molecule is CC(=O)c1ccc(NC(=S)Nc2cccc(C(F)(F)F)c2)cc1. The molecule has 0 spiro atoms. The first kappa shape index (κ1) is 17.0. The Bertz CT molecular complexity index is 727. The molecule has 2 rings (SSSR count). The maximum Gasteiger partial charge on any atom is 0.416 e. The minimum Gasteiger partial charge on any atom is -0.332 e. The summed E-state index contributed by atoms with van der Waals surface area (Å²) in [7, 11) is 0. The molecule has 0 aliphatic heterocycles. The van der Waals surface area contributed by atoms with E-state index in [4.69, 9.17) is 12.2 Å². The van der Waals surface area contributed by atoms with Crippen LogP contribution >= 0.6 is 12.2 Å². The minimum absolute atomic E-state index is 0.0544. The number of carbonyl (C=O) groups is 1. The fraction of sp³-hybridized carbons (Fsp3) is 0.125. The standard InChI is InChI=1S/C16H13F3N2OS/c1-10(22)11-5-7-13(8-6-11)20-15(23)21-14-4-2-3-12(9-14)16(17,18)19/h2-9H,1H3,(H2,20,21,23). The molecule has 2 aromatic rings. The van der Waals surface area contributed by atoms with Gasteiger partial charge in [-0.1, -0.05) is 6.07 Å². The van der Waals surface area contributed by atoms with Crippen molar-refractivity contribution in [3.63, 3.8) is 0 Å². The van der Waals surface area contributed by atoms with Gasteiger partial charge in [0.05, 0.1) is 5.56 Å². The van der Waals surface area contributed by atoms with Gasteiger partial charge in [0, 0.05) is 16.9 Å². The Kier molecular flexibility index (Phi) is 5.00. The lowest BCUT2D eigenvalue weighted by Crippen LogP contribution is -2.19. The second-order valence-electron chi connectivity index (χ2n) is 4.79. The smallest absolute Gasteiger partial charge is 0.332 e. The molecule has 0 saturated carbocycles. The monoisotopic (exact) mass is 338 g/mol. The zero-order chi connectivity index (χ0) is 17.0. The van der Waals surface area contributed by atoms with Crippen LogP contribution in [0.4, 0.5) is 24.5 Å². The predicted octanol–water partition coefficient (Wildman–Crippen LogP) is 4.72. The van der Waals surface area contributed by atoms with Crippen LogP contribution < -0.4 is 10.6 Å². The molecule has 120 valence electrons. The molecule has 0 aliphatic carbocycles. The van der Waals surface area contributed by atoms with Gasteiger partial charge >= 0.3 is 6.18 Å². The first-order chi connectivity index (χ1) is 10.8. The third-order valence-electron chi connectivity index (χ3n) is 3.00. The van der Waals surface area contributed by atoms with Crippen LogP contribution in [0.15, 0.2) is 48.5 Å². The minimum atomic E-state index is -4.41. The molecule has 0 fully saturated rings. The lowest BCUT2D eigenvalue weighted by Gasteiger charge is -2.13. The van der Waals surface area contributed by atoms with Crippen molar-refractivity contribution in [1.82, 2.24) is 0 Å². The van der Waals surface area contributed by atoms with Gasteiger partial charge in [-0.15, -0.1) is 0 Å². The fourth-order valence-corrected chi connectivity index (χ4v) is 2.09. The summed E-state index contributed by atoms with van der Waals surface area (Å²) in [6.45, 7) is 1.46. The van der Waals surface area contributed by atoms with E-state index in [2.05, 4.69) is 10.6 Å². The van der Waals surface area contributed by atoms with E-state index in [9.17, 15) is 18.0 Å². The highest BCUT2D eigenvalue weighted by molar-refractivity contribution is 7.80. The molecule has 0 atom stereocenters. The molecular weight excluding hydrogens is 325 g/mol. The van der Waals surface area contributed by atoms with E-state index < -0.39 is 11.7 Å². The molecule has 2 N–H and O–H groups in total. The van der Waals surface area contributed by atoms with Crippen LogP contribution in [0.2, 0.25) is 0 Å². The maximum absolute atomic E-state index is 12.7. The summed E-state index contributed by atoms with van der Waals surface area (Å²) in [5.74, 6) is -0.0544. The maximum atomic E-state index is 12.7. The van der Waals surface area contributed by atoms with E-state index in [-0.39, 0.29) is 16.6 Å². The summed E-state index contributed by atoms with van der Waals surface area (Å²) in [6, 6.07) is 11.4. The van der Waals surface area contributed by atoms with Crippen molar-refractivity contribution in [3.8, 4) is 0 Å². The van der Waals surface area contributed by atoms with Crippen LogP contribution in [-0.2, 0) is 6.18 Å². The van der Waals surface area contributed by atoms with Crippen molar-refractivity contribution < 1.29 is 18.0 Å². The Hall–Kier alpha value is -2.41. The topological polar surface area (TPSA) is 41.1 Å². The van der Waals surface area contributed by atoms with Crippen molar-refractivity contribution >= 4 is 34.5 Å². The highest BCUT2D eigenvalue weighted by Gasteiger charge is 2.30. The molecule has 0 aromatic heterocycles. The van der Waals surface area contributed by atoms with Crippen molar-refractivity contribution in [2.45, 2.75) is 13.1 Å². The summed E-state index contributed by atoms with van der Waals surface area (Å²) >= 11 is 5.07. The number of rotatable bonds is 3. The van der Waals surface area contributed by atoms with E-state index in [1.54, 1.807) is 24.3 Å². The van der Waals surface area contributed by atoms with Crippen molar-refractivity contribution in [2.75, 3.05) is 10.6 Å². The highest BCUT2D eigenvalue weighted by Crippen LogP contribution is 2.30. The van der Waals surface area contributed by atoms with E-state index >= 15 is 0 Å². The number of nitrogens with one attached hydrogen (secondary N) is 2. The van der Waals surface area contributed by atoms with Gasteiger partial charge in [-0.3, -0.25) is 4.79 Å². The number of hydrogen-bond acceptors (Lipinski definition) is 2.